The summed E-state index contributed by atoms with van der Waals surface area (Å²) in [6, 6.07) is 0. The second-order valence-corrected chi connectivity index (χ2v) is 9.29. The predicted molar refractivity (Wildman–Crippen MR) is 114 cm³/mol. The zero-order valence-electron chi connectivity index (χ0n) is 18.8. The molecule has 4 heteroatoms. The van der Waals surface area contributed by atoms with Gasteiger partial charge in [-0.05, 0) is 50.4 Å². The van der Waals surface area contributed by atoms with E-state index in [0.29, 0.717) is 24.7 Å². The maximum atomic E-state index is 12.8. The van der Waals surface area contributed by atoms with Gasteiger partial charge in [0, 0.05) is 0 Å². The van der Waals surface area contributed by atoms with Crippen LogP contribution >= 0.6 is 0 Å². The van der Waals surface area contributed by atoms with Crippen LogP contribution in [-0.2, 0) is 14.3 Å². The van der Waals surface area contributed by atoms with Crippen molar-refractivity contribution in [2.75, 3.05) is 0 Å². The highest BCUT2D eigenvalue weighted by molar-refractivity contribution is 5.75. The third kappa shape index (κ3) is 9.93. The van der Waals surface area contributed by atoms with Gasteiger partial charge in [0.2, 0.25) is 0 Å². The van der Waals surface area contributed by atoms with Crippen LogP contribution in [0.25, 0.3) is 0 Å². The zero-order chi connectivity index (χ0) is 20.9. The van der Waals surface area contributed by atoms with E-state index >= 15 is 0 Å². The van der Waals surface area contributed by atoms with Crippen LogP contribution < -0.4 is 0 Å². The minimum Gasteiger partial charge on any atom is -0.481 e. The molecule has 0 radical (unpaired) electrons. The Balaban J connectivity index is 2.62. The number of unbranched alkanes of at least 4 members (excludes halogenated alkanes) is 2. The van der Waals surface area contributed by atoms with Crippen LogP contribution in [0.4, 0.5) is 0 Å². The number of carbonyl (C=O) groups is 2. The number of rotatable bonds is 14. The topological polar surface area (TPSA) is 63.6 Å². The Bertz CT molecular complexity index is 446. The van der Waals surface area contributed by atoms with Crippen LogP contribution in [0.2, 0.25) is 0 Å². The molecule has 1 saturated carbocycles. The normalized spacial score (nSPS) is 22.0. The van der Waals surface area contributed by atoms with Crippen molar-refractivity contribution >= 4 is 11.9 Å². The molecule has 0 aromatic carbocycles. The van der Waals surface area contributed by atoms with Crippen molar-refractivity contribution in [2.45, 2.75) is 117 Å². The van der Waals surface area contributed by atoms with Crippen LogP contribution in [0.1, 0.15) is 111 Å². The average molecular weight is 397 g/mol. The van der Waals surface area contributed by atoms with Gasteiger partial charge in [-0.1, -0.05) is 72.6 Å². The van der Waals surface area contributed by atoms with E-state index in [4.69, 9.17) is 4.74 Å². The van der Waals surface area contributed by atoms with E-state index in [1.807, 2.05) is 0 Å². The third-order valence-electron chi connectivity index (χ3n) is 6.34. The van der Waals surface area contributed by atoms with Gasteiger partial charge in [0.05, 0.1) is 11.8 Å². The maximum Gasteiger partial charge on any atom is 0.309 e. The van der Waals surface area contributed by atoms with E-state index < -0.39 is 5.97 Å². The molecule has 0 spiro atoms. The zero-order valence-corrected chi connectivity index (χ0v) is 18.8. The molecular formula is C24H44O4. The number of hydrogen-bond acceptors (Lipinski definition) is 3. The van der Waals surface area contributed by atoms with Crippen molar-refractivity contribution in [3.8, 4) is 0 Å². The van der Waals surface area contributed by atoms with Gasteiger partial charge in [0.25, 0.3) is 0 Å². The molecular weight excluding hydrogens is 352 g/mol. The van der Waals surface area contributed by atoms with Crippen LogP contribution in [0, 0.1) is 23.7 Å². The largest absolute Gasteiger partial charge is 0.481 e. The quantitative estimate of drug-likeness (QED) is 0.265. The molecule has 0 amide bonds. The van der Waals surface area contributed by atoms with Gasteiger partial charge >= 0.3 is 11.9 Å². The molecule has 0 aromatic rings. The highest BCUT2D eigenvalue weighted by Crippen LogP contribution is 2.31. The first-order valence-corrected chi connectivity index (χ1v) is 11.8. The van der Waals surface area contributed by atoms with Gasteiger partial charge in [-0.25, -0.2) is 0 Å². The molecule has 4 unspecified atom stereocenters. The molecule has 4 nitrogen and oxygen atoms in total. The minimum atomic E-state index is -0.770. The summed E-state index contributed by atoms with van der Waals surface area (Å²) >= 11 is 0. The van der Waals surface area contributed by atoms with Crippen molar-refractivity contribution in [2.24, 2.45) is 23.7 Å². The Labute approximate surface area is 172 Å². The smallest absolute Gasteiger partial charge is 0.309 e. The van der Waals surface area contributed by atoms with Gasteiger partial charge < -0.3 is 9.84 Å². The van der Waals surface area contributed by atoms with E-state index in [1.54, 1.807) is 0 Å². The summed E-state index contributed by atoms with van der Waals surface area (Å²) in [6.07, 6.45) is 12.9. The van der Waals surface area contributed by atoms with Gasteiger partial charge in [0.15, 0.2) is 0 Å². The minimum absolute atomic E-state index is 0.00771. The van der Waals surface area contributed by atoms with Crippen LogP contribution in [0.5, 0.6) is 0 Å². The van der Waals surface area contributed by atoms with Crippen molar-refractivity contribution in [3.05, 3.63) is 0 Å². The maximum absolute atomic E-state index is 12.8. The van der Waals surface area contributed by atoms with E-state index in [-0.39, 0.29) is 23.9 Å². The second kappa shape index (κ2) is 14.0. The standard InChI is InChI=1S/C24H44O4/c1-5-7-12-19(6-2)16-22(15-9-8-11-18(3)4)28-24(27)21-14-10-13-20(17-21)23(25)26/h18-22H,5-17H2,1-4H3,(H,25,26). The summed E-state index contributed by atoms with van der Waals surface area (Å²) in [7, 11) is 0. The average Bonchev–Trinajstić information content (AvgIpc) is 2.67. The third-order valence-corrected chi connectivity index (χ3v) is 6.34. The SMILES string of the molecule is CCCCC(CC)CC(CCCCC(C)C)OC(=O)C1CCCC(C(=O)O)C1. The van der Waals surface area contributed by atoms with Gasteiger partial charge in [-0.2, -0.15) is 0 Å². The van der Waals surface area contributed by atoms with E-state index in [0.717, 1.165) is 38.5 Å². The molecule has 1 N–H and O–H groups in total. The Morgan fingerprint density at radius 3 is 2.29 bits per heavy atom. The fraction of sp³-hybridized carbons (Fsp3) is 0.917. The van der Waals surface area contributed by atoms with Crippen LogP contribution in [0.15, 0.2) is 0 Å². The number of carboxylic acid groups (broad SMARTS) is 1. The molecule has 4 atom stereocenters. The molecule has 28 heavy (non-hydrogen) atoms. The second-order valence-electron chi connectivity index (χ2n) is 9.29. The first-order valence-electron chi connectivity index (χ1n) is 11.8. The molecule has 0 saturated heterocycles. The summed E-state index contributed by atoms with van der Waals surface area (Å²) in [5.74, 6) is -0.212. The lowest BCUT2D eigenvalue weighted by atomic mass is 9.81. The summed E-state index contributed by atoms with van der Waals surface area (Å²) in [4.78, 5) is 24.1. The van der Waals surface area contributed by atoms with Gasteiger partial charge in [-0.3, -0.25) is 9.59 Å². The van der Waals surface area contributed by atoms with Gasteiger partial charge in [-0.15, -0.1) is 0 Å². The molecule has 0 aliphatic heterocycles. The summed E-state index contributed by atoms with van der Waals surface area (Å²) < 4.78 is 6.01. The molecule has 0 bridgehead atoms. The summed E-state index contributed by atoms with van der Waals surface area (Å²) in [5, 5.41) is 9.29. The van der Waals surface area contributed by atoms with Crippen LogP contribution in [0.3, 0.4) is 0 Å². The first kappa shape index (κ1) is 25.0. The van der Waals surface area contributed by atoms with Gasteiger partial charge in [0.1, 0.15) is 6.10 Å². The lowest BCUT2D eigenvalue weighted by Gasteiger charge is -2.28. The van der Waals surface area contributed by atoms with Crippen molar-refractivity contribution < 1.29 is 19.4 Å². The summed E-state index contributed by atoms with van der Waals surface area (Å²) in [5.41, 5.74) is 0. The molecule has 1 rings (SSSR count). The number of carboxylic acids is 1. The highest BCUT2D eigenvalue weighted by atomic mass is 16.5. The Morgan fingerprint density at radius 2 is 1.68 bits per heavy atom. The Kier molecular flexibility index (Phi) is 12.5. The highest BCUT2D eigenvalue weighted by Gasteiger charge is 2.33. The number of hydrogen-bond donors (Lipinski definition) is 1. The number of ether oxygens (including phenoxy) is 1. The fourth-order valence-electron chi connectivity index (χ4n) is 4.39. The van der Waals surface area contributed by atoms with E-state index in [9.17, 15) is 14.7 Å². The molecule has 1 fully saturated rings. The molecule has 1 aliphatic carbocycles. The Morgan fingerprint density at radius 1 is 1.00 bits per heavy atom. The molecule has 0 heterocycles. The number of aliphatic carboxylic acids is 1. The molecule has 0 aromatic heterocycles. The van der Waals surface area contributed by atoms with Crippen molar-refractivity contribution in [3.63, 3.8) is 0 Å². The van der Waals surface area contributed by atoms with E-state index in [1.165, 1.54) is 32.1 Å². The molecule has 1 aliphatic rings. The first-order chi connectivity index (χ1) is 13.4. The monoisotopic (exact) mass is 396 g/mol. The fourth-order valence-corrected chi connectivity index (χ4v) is 4.39. The predicted octanol–water partition coefficient (Wildman–Crippen LogP) is 6.61. The van der Waals surface area contributed by atoms with Crippen molar-refractivity contribution in [1.29, 1.82) is 0 Å². The van der Waals surface area contributed by atoms with Crippen molar-refractivity contribution in [1.82, 2.24) is 0 Å². The Hall–Kier alpha value is -1.06. The number of esters is 1. The lowest BCUT2D eigenvalue weighted by Crippen LogP contribution is -2.31. The number of carbonyl (C=O) groups excluding carboxylic acids is 1. The van der Waals surface area contributed by atoms with Crippen LogP contribution in [-0.4, -0.2) is 23.1 Å². The molecule has 164 valence electrons. The summed E-state index contributed by atoms with van der Waals surface area (Å²) in [6.45, 7) is 8.95. The van der Waals surface area contributed by atoms with E-state index in [2.05, 4.69) is 27.7 Å². The lowest BCUT2D eigenvalue weighted by molar-refractivity contribution is -0.158.